The van der Waals surface area contributed by atoms with Crippen LogP contribution in [-0.2, 0) is 9.59 Å². The smallest absolute Gasteiger partial charge is 0.142 e. The maximum Gasteiger partial charge on any atom is 0.142 e. The van der Waals surface area contributed by atoms with Gasteiger partial charge in [0.05, 0.1) is 6.61 Å². The molecule has 2 N–H and O–H groups in total. The van der Waals surface area contributed by atoms with E-state index in [2.05, 4.69) is 25.2 Å². The van der Waals surface area contributed by atoms with E-state index < -0.39 is 0 Å². The number of ketones is 2. The Bertz CT molecular complexity index is 740. The zero-order chi connectivity index (χ0) is 20.4. The van der Waals surface area contributed by atoms with Gasteiger partial charge in [0.2, 0.25) is 0 Å². The highest BCUT2D eigenvalue weighted by molar-refractivity contribution is 5.91. The van der Waals surface area contributed by atoms with E-state index >= 15 is 0 Å². The molecular formula is C25H37NO3. The Hall–Kier alpha value is -1.00. The summed E-state index contributed by atoms with van der Waals surface area (Å²) in [4.78, 5) is 26.4. The van der Waals surface area contributed by atoms with Crippen molar-refractivity contribution in [2.75, 3.05) is 19.7 Å². The fourth-order valence-electron chi connectivity index (χ4n) is 8.04. The summed E-state index contributed by atoms with van der Waals surface area (Å²) in [5.74, 6) is 2.05. The lowest BCUT2D eigenvalue weighted by Crippen LogP contribution is -2.60. The van der Waals surface area contributed by atoms with Gasteiger partial charge < -0.3 is 10.4 Å². The molecule has 160 valence electrons. The van der Waals surface area contributed by atoms with Gasteiger partial charge in [-0.1, -0.05) is 25.5 Å². The molecule has 4 aliphatic carbocycles. The Labute approximate surface area is 174 Å². The third-order valence-electron chi connectivity index (χ3n) is 10.1. The van der Waals surface area contributed by atoms with Crippen molar-refractivity contribution in [1.82, 2.24) is 5.32 Å². The van der Waals surface area contributed by atoms with Crippen LogP contribution in [0.5, 0.6) is 0 Å². The second-order valence-corrected chi connectivity index (χ2v) is 11.3. The summed E-state index contributed by atoms with van der Waals surface area (Å²) in [5, 5.41) is 13.6. The molecule has 0 spiro atoms. The van der Waals surface area contributed by atoms with E-state index in [1.807, 2.05) is 0 Å². The number of Topliss-reactive ketones (excluding diaryl/α,β-unsaturated/α-hetero) is 2. The molecule has 1 aliphatic heterocycles. The monoisotopic (exact) mass is 399 g/mol. The van der Waals surface area contributed by atoms with Gasteiger partial charge in [0.15, 0.2) is 0 Å². The molecule has 0 radical (unpaired) electrons. The van der Waals surface area contributed by atoms with Crippen LogP contribution in [0.2, 0.25) is 0 Å². The number of carbonyl (C=O) groups excluding carboxylic acids is 2. The molecule has 5 aliphatic rings. The maximum absolute atomic E-state index is 13.7. The van der Waals surface area contributed by atoms with E-state index in [4.69, 9.17) is 0 Å². The van der Waals surface area contributed by atoms with Gasteiger partial charge in [-0.05, 0) is 87.1 Å². The molecule has 7 atom stereocenters. The number of hydrogen-bond acceptors (Lipinski definition) is 4. The van der Waals surface area contributed by atoms with Crippen molar-refractivity contribution in [2.24, 2.45) is 46.3 Å². The van der Waals surface area contributed by atoms with Crippen LogP contribution in [0.3, 0.4) is 0 Å². The molecule has 1 heterocycles. The normalized spacial score (nSPS) is 48.8. The van der Waals surface area contributed by atoms with Gasteiger partial charge in [0.25, 0.3) is 0 Å². The molecule has 0 aromatic rings. The first-order valence-corrected chi connectivity index (χ1v) is 11.9. The molecule has 5 fully saturated rings. The number of hydrogen-bond donors (Lipinski definition) is 2. The summed E-state index contributed by atoms with van der Waals surface area (Å²) in [6.45, 7) is 6.77. The summed E-state index contributed by atoms with van der Waals surface area (Å²) in [7, 11) is 0. The van der Waals surface area contributed by atoms with E-state index in [0.29, 0.717) is 18.1 Å². The summed E-state index contributed by atoms with van der Waals surface area (Å²) in [5.41, 5.74) is 1.34. The van der Waals surface area contributed by atoms with Gasteiger partial charge in [-0.15, -0.1) is 0 Å². The van der Waals surface area contributed by atoms with Crippen LogP contribution >= 0.6 is 0 Å². The first kappa shape index (κ1) is 19.9. The van der Waals surface area contributed by atoms with Gasteiger partial charge >= 0.3 is 0 Å². The number of rotatable bonds is 3. The van der Waals surface area contributed by atoms with Gasteiger partial charge in [-0.2, -0.15) is 0 Å². The number of allylic oxidation sites excluding steroid dienone is 2. The molecule has 4 nitrogen and oxygen atoms in total. The van der Waals surface area contributed by atoms with Gasteiger partial charge in [-0.3, -0.25) is 9.59 Å². The lowest BCUT2D eigenvalue weighted by atomic mass is 9.42. The van der Waals surface area contributed by atoms with E-state index in [1.165, 1.54) is 5.57 Å². The molecule has 0 aromatic heterocycles. The van der Waals surface area contributed by atoms with Crippen LogP contribution < -0.4 is 5.32 Å². The zero-order valence-electron chi connectivity index (χ0n) is 18.1. The third kappa shape index (κ3) is 2.85. The molecule has 4 saturated carbocycles. The molecule has 0 aromatic carbocycles. The van der Waals surface area contributed by atoms with Crippen LogP contribution in [0.1, 0.15) is 65.2 Å². The first-order chi connectivity index (χ1) is 13.9. The Kier molecular flexibility index (Phi) is 4.82. The molecule has 4 heteroatoms. The van der Waals surface area contributed by atoms with Crippen molar-refractivity contribution in [1.29, 1.82) is 0 Å². The SMILES string of the molecule is C[C@]12CC/C(=C\CC3CNC3)CC1[C@@H](CO)C(=O)C1C2CC[C@]2(C)C(=O)CCC12. The summed E-state index contributed by atoms with van der Waals surface area (Å²) >= 11 is 0. The predicted molar refractivity (Wildman–Crippen MR) is 112 cm³/mol. The molecule has 29 heavy (non-hydrogen) atoms. The Balaban J connectivity index is 1.44. The second-order valence-electron chi connectivity index (χ2n) is 11.3. The third-order valence-corrected chi connectivity index (χ3v) is 10.1. The second kappa shape index (κ2) is 7.02. The summed E-state index contributed by atoms with van der Waals surface area (Å²) < 4.78 is 0. The van der Waals surface area contributed by atoms with Gasteiger partial charge in [-0.25, -0.2) is 0 Å². The highest BCUT2D eigenvalue weighted by atomic mass is 16.3. The molecule has 4 unspecified atom stereocenters. The predicted octanol–water partition coefficient (Wildman–Crippen LogP) is 3.53. The van der Waals surface area contributed by atoms with Crippen molar-refractivity contribution in [3.05, 3.63) is 11.6 Å². The standard InChI is InChI=1S/C25H37NO3/c1-24-9-7-15(3-4-16-12-26-13-16)11-20(24)17(14-27)23(29)22-18-5-6-21(28)25(18,2)10-8-19(22)24/h3,16-20,22,26-27H,4-14H2,1-2H3/b15-3+/t17-,18?,19?,20?,22?,24-,25+/m1/s1. The van der Waals surface area contributed by atoms with Crippen molar-refractivity contribution in [3.63, 3.8) is 0 Å². The molecular weight excluding hydrogens is 362 g/mol. The minimum atomic E-state index is -0.295. The van der Waals surface area contributed by atoms with E-state index in [0.717, 1.165) is 64.0 Å². The van der Waals surface area contributed by atoms with Crippen LogP contribution in [0.25, 0.3) is 0 Å². The van der Waals surface area contributed by atoms with E-state index in [9.17, 15) is 14.7 Å². The molecule has 0 amide bonds. The van der Waals surface area contributed by atoms with Crippen LogP contribution in [0.4, 0.5) is 0 Å². The van der Waals surface area contributed by atoms with Crippen LogP contribution in [-0.4, -0.2) is 36.4 Å². The summed E-state index contributed by atoms with van der Waals surface area (Å²) in [6, 6.07) is 0. The average molecular weight is 400 g/mol. The number of aliphatic hydroxyl groups excluding tert-OH is 1. The van der Waals surface area contributed by atoms with Crippen molar-refractivity contribution in [3.8, 4) is 0 Å². The number of fused-ring (bicyclic) bond motifs is 5. The lowest BCUT2D eigenvalue weighted by molar-refractivity contribution is -0.167. The highest BCUT2D eigenvalue weighted by Crippen LogP contribution is 2.66. The van der Waals surface area contributed by atoms with E-state index in [-0.39, 0.29) is 46.9 Å². The van der Waals surface area contributed by atoms with Crippen molar-refractivity contribution in [2.45, 2.75) is 65.2 Å². The minimum Gasteiger partial charge on any atom is -0.396 e. The Morgan fingerprint density at radius 1 is 1.07 bits per heavy atom. The number of carbonyl (C=O) groups is 2. The lowest BCUT2D eigenvalue weighted by Gasteiger charge is -2.60. The zero-order valence-corrected chi connectivity index (χ0v) is 18.1. The van der Waals surface area contributed by atoms with Crippen molar-refractivity contribution >= 4 is 11.6 Å². The van der Waals surface area contributed by atoms with Gasteiger partial charge in [0.1, 0.15) is 11.6 Å². The average Bonchev–Trinajstić information content (AvgIpc) is 2.97. The molecule has 5 rings (SSSR count). The number of aliphatic hydroxyl groups is 1. The largest absolute Gasteiger partial charge is 0.396 e. The summed E-state index contributed by atoms with van der Waals surface area (Å²) in [6.07, 6.45) is 10.3. The number of nitrogens with one attached hydrogen (secondary N) is 1. The maximum atomic E-state index is 13.7. The van der Waals surface area contributed by atoms with E-state index in [1.54, 1.807) is 0 Å². The Morgan fingerprint density at radius 2 is 1.86 bits per heavy atom. The minimum absolute atomic E-state index is 0.00909. The fraction of sp³-hybridized carbons (Fsp3) is 0.840. The highest BCUT2D eigenvalue weighted by Gasteiger charge is 2.64. The topological polar surface area (TPSA) is 66.4 Å². The molecule has 0 bridgehead atoms. The van der Waals surface area contributed by atoms with Gasteiger partial charge in [0, 0.05) is 23.7 Å². The fourth-order valence-corrected chi connectivity index (χ4v) is 8.04. The van der Waals surface area contributed by atoms with Crippen LogP contribution in [0, 0.1) is 46.3 Å². The Morgan fingerprint density at radius 3 is 2.55 bits per heavy atom. The molecule has 1 saturated heterocycles. The van der Waals surface area contributed by atoms with Crippen LogP contribution in [0.15, 0.2) is 11.6 Å². The van der Waals surface area contributed by atoms with Crippen molar-refractivity contribution < 1.29 is 14.7 Å². The first-order valence-electron chi connectivity index (χ1n) is 11.9. The quantitative estimate of drug-likeness (QED) is 0.713.